The number of rotatable bonds is 4. The van der Waals surface area contributed by atoms with Crippen LogP contribution in [0.2, 0.25) is 0 Å². The molecule has 7 nitrogen and oxygen atoms in total. The molecule has 26 heavy (non-hydrogen) atoms. The van der Waals surface area contributed by atoms with Gasteiger partial charge in [-0.15, -0.1) is 0 Å². The van der Waals surface area contributed by atoms with Gasteiger partial charge in [0.2, 0.25) is 0 Å². The van der Waals surface area contributed by atoms with Crippen LogP contribution in [0.3, 0.4) is 0 Å². The van der Waals surface area contributed by atoms with Crippen molar-refractivity contribution in [1.82, 2.24) is 25.4 Å². The number of aromatic nitrogens is 3. The minimum Gasteiger partial charge on any atom is -0.371 e. The number of nitrogens with one attached hydrogen (secondary N) is 2. The number of ether oxygens (including phenoxy) is 1. The second kappa shape index (κ2) is 7.32. The molecule has 0 radical (unpaired) electrons. The van der Waals surface area contributed by atoms with E-state index in [1.165, 1.54) is 13.2 Å². The number of nitrogens with zero attached hydrogens (tertiary/aromatic N) is 3. The largest absolute Gasteiger partial charge is 0.435 e. The van der Waals surface area contributed by atoms with Crippen LogP contribution in [0.15, 0.2) is 30.7 Å². The summed E-state index contributed by atoms with van der Waals surface area (Å²) in [7, 11) is 1.40. The van der Waals surface area contributed by atoms with Gasteiger partial charge in [-0.2, -0.15) is 18.3 Å². The molecule has 0 unspecified atom stereocenters. The zero-order valence-corrected chi connectivity index (χ0v) is 14.0. The molecule has 10 heteroatoms. The summed E-state index contributed by atoms with van der Waals surface area (Å²) in [6.07, 6.45) is 0.237. The van der Waals surface area contributed by atoms with E-state index in [0.29, 0.717) is 13.0 Å². The van der Waals surface area contributed by atoms with Crippen molar-refractivity contribution in [2.75, 3.05) is 6.61 Å². The molecular formula is C16H18F3N5O2. The maximum atomic E-state index is 12.9. The van der Waals surface area contributed by atoms with Gasteiger partial charge in [-0.25, -0.2) is 4.79 Å². The average Bonchev–Trinajstić information content (AvgIpc) is 3.20. The van der Waals surface area contributed by atoms with Gasteiger partial charge >= 0.3 is 12.2 Å². The maximum Gasteiger partial charge on any atom is 0.435 e. The third kappa shape index (κ3) is 4.13. The van der Waals surface area contributed by atoms with E-state index in [1.54, 1.807) is 24.5 Å². The summed E-state index contributed by atoms with van der Waals surface area (Å²) in [5, 5.41) is 8.62. The SMILES string of the molecule is Cn1cc(CNC(=O)N[C@@H]2CCO[C@H]2c2ccncc2)c(C(F)(F)F)n1. The van der Waals surface area contributed by atoms with Crippen LogP contribution >= 0.6 is 0 Å². The van der Waals surface area contributed by atoms with Gasteiger partial charge in [-0.3, -0.25) is 9.67 Å². The zero-order chi connectivity index (χ0) is 18.7. The number of alkyl halides is 3. The van der Waals surface area contributed by atoms with Gasteiger partial charge in [0.25, 0.3) is 0 Å². The summed E-state index contributed by atoms with van der Waals surface area (Å²) in [6.45, 7) is 0.209. The van der Waals surface area contributed by atoms with Crippen molar-refractivity contribution in [3.05, 3.63) is 47.5 Å². The monoisotopic (exact) mass is 369 g/mol. The lowest BCUT2D eigenvalue weighted by Crippen LogP contribution is -2.43. The molecule has 140 valence electrons. The quantitative estimate of drug-likeness (QED) is 0.866. The Morgan fingerprint density at radius 2 is 2.12 bits per heavy atom. The maximum absolute atomic E-state index is 12.9. The molecule has 1 aliphatic heterocycles. The Balaban J connectivity index is 1.60. The molecule has 3 heterocycles. The number of hydrogen-bond donors (Lipinski definition) is 2. The standard InChI is InChI=1S/C16H18F3N5O2/c1-24-9-11(14(23-24)16(17,18)19)8-21-15(25)22-12-4-7-26-13(12)10-2-5-20-6-3-10/h2-3,5-6,9,12-13H,4,7-8H2,1H3,(H2,21,22,25)/t12-,13+/m1/s1. The van der Waals surface area contributed by atoms with Crippen molar-refractivity contribution in [2.24, 2.45) is 7.05 Å². The molecule has 1 fully saturated rings. The second-order valence-corrected chi connectivity index (χ2v) is 5.97. The summed E-state index contributed by atoms with van der Waals surface area (Å²) in [5.41, 5.74) is -0.211. The first-order valence-corrected chi connectivity index (χ1v) is 8.00. The van der Waals surface area contributed by atoms with E-state index >= 15 is 0 Å². The normalized spacial score (nSPS) is 20.2. The third-order valence-corrected chi connectivity index (χ3v) is 4.06. The Bertz CT molecular complexity index is 763. The Morgan fingerprint density at radius 1 is 1.38 bits per heavy atom. The fourth-order valence-electron chi connectivity index (χ4n) is 2.92. The van der Waals surface area contributed by atoms with Crippen LogP contribution in [0.25, 0.3) is 0 Å². The van der Waals surface area contributed by atoms with Gasteiger partial charge < -0.3 is 15.4 Å². The number of urea groups is 1. The van der Waals surface area contributed by atoms with Crippen LogP contribution in [0.5, 0.6) is 0 Å². The van der Waals surface area contributed by atoms with Crippen molar-refractivity contribution >= 4 is 6.03 Å². The van der Waals surface area contributed by atoms with Crippen LogP contribution in [0.4, 0.5) is 18.0 Å². The molecule has 0 aliphatic carbocycles. The molecule has 2 aromatic rings. The van der Waals surface area contributed by atoms with Crippen LogP contribution in [0.1, 0.15) is 29.3 Å². The molecule has 2 N–H and O–H groups in total. The molecule has 1 aliphatic rings. The lowest BCUT2D eigenvalue weighted by atomic mass is 10.0. The number of carbonyl (C=O) groups excluding carboxylic acids is 1. The summed E-state index contributed by atoms with van der Waals surface area (Å²) < 4.78 is 45.5. The summed E-state index contributed by atoms with van der Waals surface area (Å²) in [6, 6.07) is 2.77. The summed E-state index contributed by atoms with van der Waals surface area (Å²) >= 11 is 0. The molecule has 0 bridgehead atoms. The van der Waals surface area contributed by atoms with Crippen molar-refractivity contribution in [3.63, 3.8) is 0 Å². The smallest absolute Gasteiger partial charge is 0.371 e. The summed E-state index contributed by atoms with van der Waals surface area (Å²) in [4.78, 5) is 16.1. The number of aryl methyl sites for hydroxylation is 1. The molecular weight excluding hydrogens is 351 g/mol. The van der Waals surface area contributed by atoms with Crippen molar-refractivity contribution in [1.29, 1.82) is 0 Å². The fraction of sp³-hybridized carbons (Fsp3) is 0.438. The van der Waals surface area contributed by atoms with E-state index in [9.17, 15) is 18.0 Å². The molecule has 0 spiro atoms. The minimum absolute atomic E-state index is 0.0940. The Morgan fingerprint density at radius 3 is 2.81 bits per heavy atom. The summed E-state index contributed by atoms with van der Waals surface area (Å²) in [5.74, 6) is 0. The molecule has 0 aromatic carbocycles. The number of amides is 2. The van der Waals surface area contributed by atoms with E-state index in [0.717, 1.165) is 10.2 Å². The van der Waals surface area contributed by atoms with E-state index in [4.69, 9.17) is 4.74 Å². The van der Waals surface area contributed by atoms with Crippen molar-refractivity contribution in [3.8, 4) is 0 Å². The van der Waals surface area contributed by atoms with Crippen LogP contribution in [-0.4, -0.2) is 33.4 Å². The highest BCUT2D eigenvalue weighted by atomic mass is 19.4. The minimum atomic E-state index is -4.57. The van der Waals surface area contributed by atoms with E-state index in [2.05, 4.69) is 20.7 Å². The third-order valence-electron chi connectivity index (χ3n) is 4.06. The highest BCUT2D eigenvalue weighted by Crippen LogP contribution is 2.31. The molecule has 2 amide bonds. The zero-order valence-electron chi connectivity index (χ0n) is 14.0. The lowest BCUT2D eigenvalue weighted by molar-refractivity contribution is -0.142. The highest BCUT2D eigenvalue weighted by Gasteiger charge is 2.37. The van der Waals surface area contributed by atoms with Gasteiger partial charge in [-0.05, 0) is 24.1 Å². The Hall–Kier alpha value is -2.62. The Labute approximate surface area is 147 Å². The highest BCUT2D eigenvalue weighted by molar-refractivity contribution is 5.74. The molecule has 0 saturated carbocycles. The van der Waals surface area contributed by atoms with Crippen molar-refractivity contribution in [2.45, 2.75) is 31.3 Å². The fourth-order valence-corrected chi connectivity index (χ4v) is 2.92. The molecule has 2 aromatic heterocycles. The van der Waals surface area contributed by atoms with Crippen molar-refractivity contribution < 1.29 is 22.7 Å². The van der Waals surface area contributed by atoms with Gasteiger partial charge in [0.05, 0.1) is 6.04 Å². The first-order chi connectivity index (χ1) is 12.3. The average molecular weight is 369 g/mol. The number of hydrogen-bond acceptors (Lipinski definition) is 4. The molecule has 3 rings (SSSR count). The molecule has 1 saturated heterocycles. The van der Waals surface area contributed by atoms with Gasteiger partial charge in [0, 0.05) is 44.4 Å². The van der Waals surface area contributed by atoms with E-state index in [-0.39, 0.29) is 24.3 Å². The predicted octanol–water partition coefficient (Wildman–Crippen LogP) is 2.16. The number of pyridine rings is 1. The number of carbonyl (C=O) groups is 1. The van der Waals surface area contributed by atoms with E-state index < -0.39 is 17.9 Å². The number of halogens is 3. The van der Waals surface area contributed by atoms with E-state index in [1.807, 2.05) is 0 Å². The second-order valence-electron chi connectivity index (χ2n) is 5.97. The topological polar surface area (TPSA) is 81.1 Å². The van der Waals surface area contributed by atoms with Crippen LogP contribution in [0, 0.1) is 0 Å². The lowest BCUT2D eigenvalue weighted by Gasteiger charge is -2.20. The van der Waals surface area contributed by atoms with Gasteiger partial charge in [-0.1, -0.05) is 0 Å². The first-order valence-electron chi connectivity index (χ1n) is 8.00. The van der Waals surface area contributed by atoms with Gasteiger partial charge in [0.15, 0.2) is 5.69 Å². The predicted molar refractivity (Wildman–Crippen MR) is 84.9 cm³/mol. The van der Waals surface area contributed by atoms with Crippen LogP contribution < -0.4 is 10.6 Å². The van der Waals surface area contributed by atoms with Crippen LogP contribution in [-0.2, 0) is 24.5 Å². The molecule has 2 atom stereocenters. The Kier molecular flexibility index (Phi) is 5.12. The first kappa shape index (κ1) is 18.2. The van der Waals surface area contributed by atoms with Gasteiger partial charge in [0.1, 0.15) is 6.10 Å².